The Bertz CT molecular complexity index is 286. The molecule has 1 rings (SSSR count). The fraction of sp³-hybridized carbons (Fsp3) is 0.400. The molecule has 1 aromatic rings. The molecule has 0 heterocycles. The van der Waals surface area contributed by atoms with Crippen LogP contribution in [0.3, 0.4) is 0 Å². The molecular weight excluding hydrogens is 233 g/mol. The summed E-state index contributed by atoms with van der Waals surface area (Å²) in [6.07, 6.45) is 0.825. The second-order valence-electron chi connectivity index (χ2n) is 3.24. The molecule has 72 valence electrons. The average molecular weight is 246 g/mol. The van der Waals surface area contributed by atoms with Crippen molar-refractivity contribution in [3.8, 4) is 0 Å². The summed E-state index contributed by atoms with van der Waals surface area (Å²) in [6, 6.07) is 5.78. The highest BCUT2D eigenvalue weighted by atomic mass is 79.9. The molecular formula is C10H13BrFN. The first kappa shape index (κ1) is 10.7. The van der Waals surface area contributed by atoms with Gasteiger partial charge in [-0.2, -0.15) is 0 Å². The molecule has 1 nitrogen and oxygen atoms in total. The smallest absolute Gasteiger partial charge is 0.116 e. The summed E-state index contributed by atoms with van der Waals surface area (Å²) in [5.41, 5.74) is 7.48. The Morgan fingerprint density at radius 3 is 2.69 bits per heavy atom. The number of benzene rings is 1. The van der Waals surface area contributed by atoms with Crippen molar-refractivity contribution >= 4 is 15.9 Å². The Morgan fingerprint density at radius 1 is 1.54 bits per heavy atom. The lowest BCUT2D eigenvalue weighted by Crippen LogP contribution is -2.17. The Morgan fingerprint density at radius 2 is 2.23 bits per heavy atom. The maximum atomic E-state index is 12.3. The van der Waals surface area contributed by atoms with E-state index < -0.39 is 6.67 Å². The van der Waals surface area contributed by atoms with E-state index in [1.54, 1.807) is 6.07 Å². The number of rotatable bonds is 3. The number of alkyl halides is 1. The van der Waals surface area contributed by atoms with Gasteiger partial charge in [0.05, 0.1) is 0 Å². The highest BCUT2D eigenvalue weighted by molar-refractivity contribution is 9.10. The van der Waals surface area contributed by atoms with Crippen LogP contribution in [0.2, 0.25) is 0 Å². The van der Waals surface area contributed by atoms with Crippen molar-refractivity contribution < 1.29 is 4.39 Å². The molecule has 0 bridgehead atoms. The van der Waals surface area contributed by atoms with Crippen molar-refractivity contribution in [3.05, 3.63) is 33.8 Å². The first-order valence-corrected chi connectivity index (χ1v) is 5.01. The first-order chi connectivity index (χ1) is 6.13. The van der Waals surface area contributed by atoms with E-state index in [1.807, 2.05) is 19.1 Å². The Balaban J connectivity index is 2.83. The van der Waals surface area contributed by atoms with Crippen LogP contribution in [0.5, 0.6) is 0 Å². The van der Waals surface area contributed by atoms with Crippen molar-refractivity contribution in [2.45, 2.75) is 26.1 Å². The molecule has 0 amide bonds. The zero-order valence-electron chi connectivity index (χ0n) is 7.56. The summed E-state index contributed by atoms with van der Waals surface area (Å²) in [6.45, 7) is 1.52. The molecule has 0 spiro atoms. The van der Waals surface area contributed by atoms with Crippen molar-refractivity contribution in [2.75, 3.05) is 0 Å². The van der Waals surface area contributed by atoms with Crippen LogP contribution in [0.25, 0.3) is 0 Å². The Kier molecular flexibility index (Phi) is 3.88. The normalized spacial score (nSPS) is 12.9. The van der Waals surface area contributed by atoms with Crippen LogP contribution >= 0.6 is 15.9 Å². The largest absolute Gasteiger partial charge is 0.328 e. The quantitative estimate of drug-likeness (QED) is 0.871. The summed E-state index contributed by atoms with van der Waals surface area (Å²) in [5.74, 6) is 0. The third kappa shape index (κ3) is 3.08. The SMILES string of the molecule is CC(N)Cc1ccc(CF)c(Br)c1. The molecule has 3 heteroatoms. The highest BCUT2D eigenvalue weighted by Gasteiger charge is 2.02. The van der Waals surface area contributed by atoms with Crippen LogP contribution in [0.1, 0.15) is 18.1 Å². The van der Waals surface area contributed by atoms with Gasteiger partial charge in [-0.25, -0.2) is 4.39 Å². The van der Waals surface area contributed by atoms with E-state index in [9.17, 15) is 4.39 Å². The van der Waals surface area contributed by atoms with Crippen LogP contribution < -0.4 is 5.73 Å². The summed E-state index contributed by atoms with van der Waals surface area (Å²) in [4.78, 5) is 0. The van der Waals surface area contributed by atoms with E-state index >= 15 is 0 Å². The molecule has 1 atom stereocenters. The van der Waals surface area contributed by atoms with Crippen molar-refractivity contribution in [3.63, 3.8) is 0 Å². The summed E-state index contributed by atoms with van der Waals surface area (Å²) >= 11 is 3.32. The molecule has 0 radical (unpaired) electrons. The molecule has 0 saturated carbocycles. The predicted octanol–water partition coefficient (Wildman–Crippen LogP) is 2.81. The van der Waals surface area contributed by atoms with Crippen molar-refractivity contribution in [2.24, 2.45) is 5.73 Å². The van der Waals surface area contributed by atoms with Gasteiger partial charge >= 0.3 is 0 Å². The maximum absolute atomic E-state index is 12.3. The second kappa shape index (κ2) is 4.72. The maximum Gasteiger partial charge on any atom is 0.116 e. The lowest BCUT2D eigenvalue weighted by molar-refractivity contribution is 0.484. The van der Waals surface area contributed by atoms with E-state index in [2.05, 4.69) is 15.9 Å². The fourth-order valence-electron chi connectivity index (χ4n) is 1.20. The zero-order chi connectivity index (χ0) is 9.84. The van der Waals surface area contributed by atoms with E-state index in [4.69, 9.17) is 5.73 Å². The molecule has 0 aliphatic rings. The van der Waals surface area contributed by atoms with E-state index in [0.717, 1.165) is 16.5 Å². The minimum atomic E-state index is -0.432. The molecule has 0 aliphatic carbocycles. The lowest BCUT2D eigenvalue weighted by Gasteiger charge is -2.07. The van der Waals surface area contributed by atoms with E-state index in [-0.39, 0.29) is 6.04 Å². The third-order valence-corrected chi connectivity index (χ3v) is 2.56. The van der Waals surface area contributed by atoms with Gasteiger partial charge in [0.15, 0.2) is 0 Å². The molecule has 0 aliphatic heterocycles. The van der Waals surface area contributed by atoms with Crippen LogP contribution in [0.15, 0.2) is 22.7 Å². The molecule has 0 fully saturated rings. The Hall–Kier alpha value is -0.410. The van der Waals surface area contributed by atoms with Crippen molar-refractivity contribution in [1.29, 1.82) is 0 Å². The summed E-state index contributed by atoms with van der Waals surface area (Å²) in [7, 11) is 0. The Labute approximate surface area is 86.3 Å². The van der Waals surface area contributed by atoms with Crippen LogP contribution in [-0.2, 0) is 13.1 Å². The predicted molar refractivity (Wildman–Crippen MR) is 56.3 cm³/mol. The summed E-state index contributed by atoms with van der Waals surface area (Å²) in [5, 5.41) is 0. The monoisotopic (exact) mass is 245 g/mol. The number of nitrogens with two attached hydrogens (primary N) is 1. The van der Waals surface area contributed by atoms with Crippen LogP contribution in [0.4, 0.5) is 4.39 Å². The molecule has 1 aromatic carbocycles. The first-order valence-electron chi connectivity index (χ1n) is 4.22. The molecule has 13 heavy (non-hydrogen) atoms. The average Bonchev–Trinajstić information content (AvgIpc) is 2.03. The van der Waals surface area contributed by atoms with Gasteiger partial charge in [0, 0.05) is 10.5 Å². The lowest BCUT2D eigenvalue weighted by atomic mass is 10.1. The number of hydrogen-bond donors (Lipinski definition) is 1. The van der Waals surface area contributed by atoms with Gasteiger partial charge in [-0.05, 0) is 30.5 Å². The van der Waals surface area contributed by atoms with Gasteiger partial charge in [-0.15, -0.1) is 0 Å². The molecule has 0 aromatic heterocycles. The van der Waals surface area contributed by atoms with Crippen molar-refractivity contribution in [1.82, 2.24) is 0 Å². The number of hydrogen-bond acceptors (Lipinski definition) is 1. The topological polar surface area (TPSA) is 26.0 Å². The molecule has 1 unspecified atom stereocenters. The van der Waals surface area contributed by atoms with E-state index in [0.29, 0.717) is 5.56 Å². The standard InChI is InChI=1S/C10H13BrFN/c1-7(13)4-8-2-3-9(6-12)10(11)5-8/h2-3,5,7H,4,6,13H2,1H3. The van der Waals surface area contributed by atoms with Gasteiger partial charge in [0.2, 0.25) is 0 Å². The van der Waals surface area contributed by atoms with Gasteiger partial charge in [-0.1, -0.05) is 28.1 Å². The van der Waals surface area contributed by atoms with Crippen LogP contribution in [-0.4, -0.2) is 6.04 Å². The molecule has 0 saturated heterocycles. The van der Waals surface area contributed by atoms with Gasteiger partial charge < -0.3 is 5.73 Å². The van der Waals surface area contributed by atoms with E-state index in [1.165, 1.54) is 0 Å². The summed E-state index contributed by atoms with van der Waals surface area (Å²) < 4.78 is 13.2. The fourth-order valence-corrected chi connectivity index (χ4v) is 1.73. The third-order valence-electron chi connectivity index (χ3n) is 1.82. The van der Waals surface area contributed by atoms with Crippen LogP contribution in [0, 0.1) is 0 Å². The number of halogens is 2. The molecule has 2 N–H and O–H groups in total. The van der Waals surface area contributed by atoms with Gasteiger partial charge in [-0.3, -0.25) is 0 Å². The van der Waals surface area contributed by atoms with Gasteiger partial charge in [0.1, 0.15) is 6.67 Å². The highest BCUT2D eigenvalue weighted by Crippen LogP contribution is 2.20. The zero-order valence-corrected chi connectivity index (χ0v) is 9.14. The minimum absolute atomic E-state index is 0.142. The second-order valence-corrected chi connectivity index (χ2v) is 4.10. The minimum Gasteiger partial charge on any atom is -0.328 e. The van der Waals surface area contributed by atoms with Gasteiger partial charge in [0.25, 0.3) is 0 Å².